The van der Waals surface area contributed by atoms with E-state index in [0.717, 1.165) is 21.8 Å². The fraction of sp³-hybridized carbons (Fsp3) is 0.565. The zero-order valence-corrected chi connectivity index (χ0v) is 20.6. The lowest BCUT2D eigenvalue weighted by atomic mass is 10.0. The summed E-state index contributed by atoms with van der Waals surface area (Å²) in [7, 11) is -1.99. The number of fused-ring (bicyclic) bond motifs is 1. The highest BCUT2D eigenvalue weighted by molar-refractivity contribution is 6.89. The predicted octanol–water partition coefficient (Wildman–Crippen LogP) is 4.89. The van der Waals surface area contributed by atoms with Gasteiger partial charge in [0.25, 0.3) is 0 Å². The van der Waals surface area contributed by atoms with E-state index < -0.39 is 25.5 Å². The molecular formula is C23H34N2O4Si. The molecule has 6 nitrogen and oxygen atoms in total. The predicted molar refractivity (Wildman–Crippen MR) is 122 cm³/mol. The average molecular weight is 431 g/mol. The molecule has 0 aliphatic carbocycles. The van der Waals surface area contributed by atoms with Crippen molar-refractivity contribution in [3.05, 3.63) is 29.8 Å². The number of aromatic nitrogens is 1. The molecule has 1 amide bonds. The Morgan fingerprint density at radius 1 is 1.17 bits per heavy atom. The highest BCUT2D eigenvalue weighted by atomic mass is 28.3. The number of para-hydroxylation sites is 1. The second-order valence-corrected chi connectivity index (χ2v) is 15.5. The zero-order chi connectivity index (χ0) is 22.6. The molecule has 3 rings (SSSR count). The first-order valence-corrected chi connectivity index (χ1v) is 14.0. The smallest absolute Gasteiger partial charge is 0.413 e. The van der Waals surface area contributed by atoms with Gasteiger partial charge in [-0.2, -0.15) is 0 Å². The van der Waals surface area contributed by atoms with Crippen LogP contribution in [-0.4, -0.2) is 47.5 Å². The Kier molecular flexibility index (Phi) is 5.44. The summed E-state index contributed by atoms with van der Waals surface area (Å²) in [6.45, 7) is 18.0. The van der Waals surface area contributed by atoms with Crippen LogP contribution in [0.1, 0.15) is 57.9 Å². The van der Waals surface area contributed by atoms with Gasteiger partial charge in [-0.15, -0.1) is 0 Å². The third-order valence-corrected chi connectivity index (χ3v) is 7.26. The fourth-order valence-corrected chi connectivity index (χ4v) is 6.40. The van der Waals surface area contributed by atoms with Crippen LogP contribution in [-0.2, 0) is 9.47 Å². The van der Waals surface area contributed by atoms with Gasteiger partial charge >= 0.3 is 6.09 Å². The second kappa shape index (κ2) is 7.23. The number of rotatable bonds is 2. The van der Waals surface area contributed by atoms with E-state index in [0.29, 0.717) is 6.61 Å². The van der Waals surface area contributed by atoms with Crippen molar-refractivity contribution in [2.75, 3.05) is 6.61 Å². The molecule has 1 aromatic heterocycles. The minimum atomic E-state index is -1.99. The van der Waals surface area contributed by atoms with E-state index in [9.17, 15) is 9.59 Å². The first-order chi connectivity index (χ1) is 13.6. The van der Waals surface area contributed by atoms with Gasteiger partial charge in [-0.05, 0) is 40.7 Å². The first kappa shape index (κ1) is 22.6. The molecule has 1 aliphatic heterocycles. The van der Waals surface area contributed by atoms with E-state index in [-0.39, 0.29) is 11.9 Å². The lowest BCUT2D eigenvalue weighted by Crippen LogP contribution is -2.51. The van der Waals surface area contributed by atoms with Crippen molar-refractivity contribution in [2.24, 2.45) is 0 Å². The Morgan fingerprint density at radius 3 is 2.30 bits per heavy atom. The number of carbonyl (C=O) groups excluding carboxylic acids is 2. The van der Waals surface area contributed by atoms with Crippen molar-refractivity contribution in [1.82, 2.24) is 9.47 Å². The quantitative estimate of drug-likeness (QED) is 0.637. The van der Waals surface area contributed by atoms with Crippen LogP contribution in [0.3, 0.4) is 0 Å². The van der Waals surface area contributed by atoms with Gasteiger partial charge in [-0.25, -0.2) is 4.79 Å². The summed E-state index contributed by atoms with van der Waals surface area (Å²) in [5, 5.41) is 2.03. The van der Waals surface area contributed by atoms with Gasteiger partial charge in [0.2, 0.25) is 5.91 Å². The van der Waals surface area contributed by atoms with Crippen LogP contribution >= 0.6 is 0 Å². The molecule has 0 bridgehead atoms. The molecule has 30 heavy (non-hydrogen) atoms. The van der Waals surface area contributed by atoms with Crippen LogP contribution in [0, 0.1) is 0 Å². The van der Waals surface area contributed by atoms with Crippen molar-refractivity contribution in [3.63, 3.8) is 0 Å². The first-order valence-electron chi connectivity index (χ1n) is 10.5. The number of benzene rings is 1. The molecule has 2 aromatic rings. The maximum Gasteiger partial charge on any atom is 0.413 e. The molecule has 164 valence electrons. The summed E-state index contributed by atoms with van der Waals surface area (Å²) in [5.41, 5.74) is 0.459. The molecule has 1 aliphatic rings. The molecule has 0 spiro atoms. The molecule has 1 aromatic carbocycles. The molecule has 1 saturated heterocycles. The largest absolute Gasteiger partial charge is 0.444 e. The number of nitrogens with zero attached hydrogens (tertiary/aromatic N) is 2. The molecule has 0 unspecified atom stereocenters. The zero-order valence-electron chi connectivity index (χ0n) is 19.6. The molecule has 7 heteroatoms. The highest BCUT2D eigenvalue weighted by Crippen LogP contribution is 2.41. The summed E-state index contributed by atoms with van der Waals surface area (Å²) >= 11 is 0. The Bertz CT molecular complexity index is 995. The van der Waals surface area contributed by atoms with Gasteiger partial charge in [-0.3, -0.25) is 14.3 Å². The highest BCUT2D eigenvalue weighted by Gasteiger charge is 2.49. The second-order valence-electron chi connectivity index (χ2n) is 10.5. The number of hydrogen-bond acceptors (Lipinski definition) is 4. The number of hydrogen-bond donors (Lipinski definition) is 0. The lowest BCUT2D eigenvalue weighted by molar-refractivity contribution is -0.0625. The van der Waals surface area contributed by atoms with Gasteiger partial charge in [0.05, 0.1) is 26.2 Å². The van der Waals surface area contributed by atoms with Crippen LogP contribution in [0.5, 0.6) is 0 Å². The minimum Gasteiger partial charge on any atom is -0.444 e. The van der Waals surface area contributed by atoms with E-state index in [1.807, 2.05) is 63.5 Å². The molecule has 1 atom stereocenters. The minimum absolute atomic E-state index is 0.0168. The van der Waals surface area contributed by atoms with Crippen LogP contribution in [0.25, 0.3) is 10.9 Å². The molecule has 0 radical (unpaired) electrons. The molecular weight excluding hydrogens is 396 g/mol. The number of carbonyl (C=O) groups is 2. The fourth-order valence-electron chi connectivity index (χ4n) is 4.34. The molecule has 1 fully saturated rings. The van der Waals surface area contributed by atoms with Gasteiger partial charge in [0.15, 0.2) is 0 Å². The number of amides is 1. The summed E-state index contributed by atoms with van der Waals surface area (Å²) < 4.78 is 13.7. The SMILES string of the molecule is CC(=O)n1c([Si](C)(C)C)c([C@@H]2COC(C)(C)N2C(=O)OC(C)(C)C)c2ccccc21. The van der Waals surface area contributed by atoms with Crippen LogP contribution in [0.4, 0.5) is 4.79 Å². The standard InChI is InChI=1S/C23H34N2O4Si/c1-15(26)24-17-13-11-10-12-16(17)19(20(24)30(7,8)9)18-14-28-23(5,6)25(18)21(27)29-22(2,3)4/h10-13,18H,14H2,1-9H3/t18-/m0/s1. The normalized spacial score (nSPS) is 19.4. The average Bonchev–Trinajstić information content (AvgIpc) is 3.07. The van der Waals surface area contributed by atoms with Gasteiger partial charge in [-0.1, -0.05) is 37.8 Å². The Hall–Kier alpha value is -2.12. The van der Waals surface area contributed by atoms with Crippen molar-refractivity contribution in [2.45, 2.75) is 78.6 Å². The summed E-state index contributed by atoms with van der Waals surface area (Å²) in [6.07, 6.45) is -0.406. The van der Waals surface area contributed by atoms with E-state index in [4.69, 9.17) is 9.47 Å². The third-order valence-electron chi connectivity index (χ3n) is 5.35. The molecule has 0 N–H and O–H groups in total. The van der Waals surface area contributed by atoms with Crippen LogP contribution in [0.2, 0.25) is 19.6 Å². The summed E-state index contributed by atoms with van der Waals surface area (Å²) in [5.74, 6) is -0.0168. The van der Waals surface area contributed by atoms with Crippen molar-refractivity contribution in [1.29, 1.82) is 0 Å². The van der Waals surface area contributed by atoms with Crippen LogP contribution in [0.15, 0.2) is 24.3 Å². The summed E-state index contributed by atoms with van der Waals surface area (Å²) in [4.78, 5) is 27.7. The lowest BCUT2D eigenvalue weighted by Gasteiger charge is -2.36. The maximum absolute atomic E-state index is 13.3. The van der Waals surface area contributed by atoms with E-state index >= 15 is 0 Å². The van der Waals surface area contributed by atoms with Crippen molar-refractivity contribution < 1.29 is 19.1 Å². The van der Waals surface area contributed by atoms with Gasteiger partial charge in [0.1, 0.15) is 11.3 Å². The Balaban J connectivity index is 2.30. The maximum atomic E-state index is 13.3. The Morgan fingerprint density at radius 2 is 1.77 bits per heavy atom. The van der Waals surface area contributed by atoms with E-state index in [1.54, 1.807) is 11.8 Å². The summed E-state index contributed by atoms with van der Waals surface area (Å²) in [6, 6.07) is 7.60. The number of ether oxygens (including phenoxy) is 2. The van der Waals surface area contributed by atoms with Gasteiger partial charge in [0, 0.05) is 23.2 Å². The van der Waals surface area contributed by atoms with Crippen LogP contribution < -0.4 is 5.32 Å². The molecule has 2 heterocycles. The Labute approximate surface area is 180 Å². The van der Waals surface area contributed by atoms with E-state index in [1.165, 1.54) is 0 Å². The molecule has 0 saturated carbocycles. The topological polar surface area (TPSA) is 60.8 Å². The van der Waals surface area contributed by atoms with Gasteiger partial charge < -0.3 is 9.47 Å². The monoisotopic (exact) mass is 430 g/mol. The van der Waals surface area contributed by atoms with E-state index in [2.05, 4.69) is 19.6 Å². The third kappa shape index (κ3) is 3.92. The van der Waals surface area contributed by atoms with Crippen molar-refractivity contribution in [3.8, 4) is 0 Å². The van der Waals surface area contributed by atoms with Crippen molar-refractivity contribution >= 4 is 36.3 Å².